The summed E-state index contributed by atoms with van der Waals surface area (Å²) in [5.41, 5.74) is 1.02. The molecule has 62 heavy (non-hydrogen) atoms. The van der Waals surface area contributed by atoms with Gasteiger partial charge in [0, 0.05) is 58.9 Å². The van der Waals surface area contributed by atoms with Gasteiger partial charge in [0.2, 0.25) is 20.0 Å². The predicted molar refractivity (Wildman–Crippen MR) is 240 cm³/mol. The average molecular weight is 1070 g/mol. The van der Waals surface area contributed by atoms with Crippen LogP contribution < -0.4 is 5.32 Å². The fraction of sp³-hybridized carbons (Fsp3) is 0.400. The van der Waals surface area contributed by atoms with Crippen molar-refractivity contribution in [2.45, 2.75) is 41.4 Å². The van der Waals surface area contributed by atoms with Crippen molar-refractivity contribution >= 4 is 90.0 Å². The Kier molecular flexibility index (Phi) is 32.4. The summed E-state index contributed by atoms with van der Waals surface area (Å²) in [7, 11) is -5.22. The Morgan fingerprint density at radius 3 is 1.21 bits per heavy atom. The second-order valence-corrected chi connectivity index (χ2v) is 20.3. The third-order valence-electron chi connectivity index (χ3n) is 7.69. The molecule has 3 aromatic rings. The molecule has 6 rings (SSSR count). The van der Waals surface area contributed by atoms with Crippen LogP contribution in [0.25, 0.3) is 6.08 Å². The van der Waals surface area contributed by atoms with Gasteiger partial charge < -0.3 is 19.5 Å². The summed E-state index contributed by atoms with van der Waals surface area (Å²) in [5.74, 6) is 0. The SMILES string of the molecule is C1COCCN1.C=CCC.CC/C=C/c1ccc(S(=O)(=O)N2CCOCC2)cc1.O=C=O.O=C=O.O=S(=O)(Cl)c1ccc(Br)cc1.O=S(=O)(c1ccc(Br)cc1)N1CCOCC1. The molecule has 16 nitrogen and oxygen atoms in total. The molecule has 0 atom stereocenters. The Bertz CT molecular complexity index is 2100. The number of sulfonamides is 2. The maximum absolute atomic E-state index is 12.4. The van der Waals surface area contributed by atoms with Gasteiger partial charge in [-0.3, -0.25) is 0 Å². The molecule has 0 aliphatic carbocycles. The van der Waals surface area contributed by atoms with E-state index < -0.39 is 29.1 Å². The Hall–Kier alpha value is -3.24. The van der Waals surface area contributed by atoms with E-state index in [2.05, 4.69) is 57.6 Å². The number of carbonyl (C=O) groups excluding carboxylic acids is 4. The molecule has 0 saturated carbocycles. The summed E-state index contributed by atoms with van der Waals surface area (Å²) in [6.45, 7) is 15.0. The van der Waals surface area contributed by atoms with E-state index in [0.717, 1.165) is 53.7 Å². The van der Waals surface area contributed by atoms with E-state index in [1.165, 1.54) is 20.7 Å². The second kappa shape index (κ2) is 34.2. The second-order valence-electron chi connectivity index (χ2n) is 12.0. The molecule has 22 heteroatoms. The van der Waals surface area contributed by atoms with Gasteiger partial charge in [0.05, 0.1) is 54.3 Å². The largest absolute Gasteiger partial charge is 0.379 e. The Morgan fingerprint density at radius 2 is 0.935 bits per heavy atom. The van der Waals surface area contributed by atoms with Gasteiger partial charge in [-0.2, -0.15) is 27.8 Å². The van der Waals surface area contributed by atoms with Crippen molar-refractivity contribution in [1.82, 2.24) is 13.9 Å². The highest BCUT2D eigenvalue weighted by Gasteiger charge is 2.27. The lowest BCUT2D eigenvalue weighted by molar-refractivity contribution is -0.193. The van der Waals surface area contributed by atoms with Gasteiger partial charge in [-0.1, -0.05) is 76.1 Å². The number of halogens is 3. The first-order valence-electron chi connectivity index (χ1n) is 18.8. The number of nitrogens with zero attached hydrogens (tertiary/aromatic N) is 2. The molecule has 0 amide bonds. The summed E-state index contributed by atoms with van der Waals surface area (Å²) in [4.78, 5) is 33.3. The van der Waals surface area contributed by atoms with Crippen LogP contribution in [0.15, 0.2) is 115 Å². The average Bonchev–Trinajstić information content (AvgIpc) is 3.28. The van der Waals surface area contributed by atoms with Gasteiger partial charge in [0.1, 0.15) is 0 Å². The number of morpholine rings is 3. The van der Waals surface area contributed by atoms with Gasteiger partial charge in [-0.15, -0.1) is 6.58 Å². The summed E-state index contributed by atoms with van der Waals surface area (Å²) < 4.78 is 90.4. The van der Waals surface area contributed by atoms with Crippen molar-refractivity contribution in [2.75, 3.05) is 78.9 Å². The minimum Gasteiger partial charge on any atom is -0.379 e. The molecular weight excluding hydrogens is 1020 g/mol. The number of rotatable bonds is 8. The van der Waals surface area contributed by atoms with Crippen molar-refractivity contribution < 1.29 is 58.6 Å². The molecule has 0 bridgehead atoms. The van der Waals surface area contributed by atoms with Crippen LogP contribution in [0.1, 0.15) is 32.3 Å². The van der Waals surface area contributed by atoms with Crippen molar-refractivity contribution in [3.63, 3.8) is 0 Å². The standard InChI is InChI=1S/C14H19NO3S.C10H12BrNO3S.C6H4BrClO2S.C4H9NO.C4H8.2CO2/c1-2-3-4-13-5-7-14(8-6-13)19(16,17)15-9-11-18-12-10-15;11-9-1-3-10(4-2-9)16(13,14)12-5-7-15-8-6-12;7-5-1-3-6(4-2-5)11(8,9)10;1-3-6-4-2-5-1;1-3-4-2;2*2-1-3/h3-8H,2,9-12H2,1H3;1-4H,5-8H2;1-4H;5H,1-4H2;3H,1,4H2,2H3;;/b4-3+;;;;;;. The van der Waals surface area contributed by atoms with E-state index in [0.29, 0.717) is 62.4 Å². The summed E-state index contributed by atoms with van der Waals surface area (Å²) in [5, 5.41) is 3.16. The number of nitrogens with one attached hydrogen (secondary N) is 1. The number of hydrogen-bond donors (Lipinski definition) is 1. The molecule has 0 spiro atoms. The van der Waals surface area contributed by atoms with Gasteiger partial charge >= 0.3 is 12.3 Å². The topological polar surface area (TPSA) is 217 Å². The molecule has 0 radical (unpaired) electrons. The number of allylic oxidation sites excluding steroid dienone is 2. The zero-order chi connectivity index (χ0) is 46.9. The molecule has 3 aromatic carbocycles. The van der Waals surface area contributed by atoms with Crippen molar-refractivity contribution in [2.24, 2.45) is 0 Å². The minimum atomic E-state index is -3.57. The van der Waals surface area contributed by atoms with Gasteiger partial charge in [-0.25, -0.2) is 25.3 Å². The van der Waals surface area contributed by atoms with E-state index in [-0.39, 0.29) is 17.2 Å². The highest BCUT2D eigenvalue weighted by Crippen LogP contribution is 2.21. The van der Waals surface area contributed by atoms with Crippen LogP contribution in [-0.4, -0.2) is 125 Å². The third kappa shape index (κ3) is 25.2. The van der Waals surface area contributed by atoms with E-state index >= 15 is 0 Å². The molecule has 3 aliphatic heterocycles. The maximum atomic E-state index is 12.4. The quantitative estimate of drug-likeness (QED) is 0.202. The number of hydrogen-bond acceptors (Lipinski definition) is 14. The Balaban J connectivity index is 0.000000779. The summed E-state index contributed by atoms with van der Waals surface area (Å²) >= 11 is 6.45. The van der Waals surface area contributed by atoms with Crippen molar-refractivity contribution in [3.8, 4) is 0 Å². The van der Waals surface area contributed by atoms with Crippen molar-refractivity contribution in [1.29, 1.82) is 0 Å². The third-order valence-corrected chi connectivity index (χ3v) is 13.9. The molecule has 3 heterocycles. The van der Waals surface area contributed by atoms with Crippen LogP contribution in [-0.2, 0) is 62.5 Å². The molecule has 3 saturated heterocycles. The Labute approximate surface area is 386 Å². The lowest BCUT2D eigenvalue weighted by atomic mass is 10.2. The minimum absolute atomic E-state index is 0.113. The molecule has 3 fully saturated rings. The van der Waals surface area contributed by atoms with E-state index in [1.54, 1.807) is 48.5 Å². The summed E-state index contributed by atoms with van der Waals surface area (Å²) in [6.07, 6.45) is 8.46. The zero-order valence-corrected chi connectivity index (χ0v) is 40.7. The van der Waals surface area contributed by atoms with Crippen LogP contribution in [0.2, 0.25) is 0 Å². The molecule has 1 N–H and O–H groups in total. The van der Waals surface area contributed by atoms with E-state index in [1.807, 2.05) is 30.4 Å². The first-order chi connectivity index (χ1) is 29.5. The predicted octanol–water partition coefficient (Wildman–Crippen LogP) is 6.00. The van der Waals surface area contributed by atoms with Gasteiger partial charge in [-0.05, 0) is 79.1 Å². The number of benzene rings is 3. The maximum Gasteiger partial charge on any atom is 0.373 e. The highest BCUT2D eigenvalue weighted by atomic mass is 79.9. The number of ether oxygens (including phenoxy) is 3. The zero-order valence-electron chi connectivity index (χ0n) is 34.3. The van der Waals surface area contributed by atoms with Crippen LogP contribution in [0.5, 0.6) is 0 Å². The first kappa shape index (κ1) is 58.8. The summed E-state index contributed by atoms with van der Waals surface area (Å²) in [6, 6.07) is 19.8. The van der Waals surface area contributed by atoms with Gasteiger partial charge in [0.25, 0.3) is 9.05 Å². The van der Waals surface area contributed by atoms with Gasteiger partial charge in [0.15, 0.2) is 0 Å². The van der Waals surface area contributed by atoms with E-state index in [9.17, 15) is 25.3 Å². The van der Waals surface area contributed by atoms with E-state index in [4.69, 9.17) is 44.1 Å². The fourth-order valence-electron chi connectivity index (χ4n) is 4.60. The molecule has 0 aromatic heterocycles. The highest BCUT2D eigenvalue weighted by molar-refractivity contribution is 9.10. The monoisotopic (exact) mass is 1070 g/mol. The van der Waals surface area contributed by atoms with Crippen LogP contribution in [0.3, 0.4) is 0 Å². The first-order valence-corrected chi connectivity index (χ1v) is 25.5. The Morgan fingerprint density at radius 1 is 0.613 bits per heavy atom. The molecule has 0 unspecified atom stereocenters. The fourth-order valence-corrected chi connectivity index (χ4v) is 8.71. The molecule has 344 valence electrons. The van der Waals surface area contributed by atoms with Crippen LogP contribution in [0.4, 0.5) is 0 Å². The molecule has 3 aliphatic rings. The van der Waals surface area contributed by atoms with Crippen molar-refractivity contribution in [3.05, 3.63) is 106 Å². The lowest BCUT2D eigenvalue weighted by Gasteiger charge is -2.26. The molecular formula is C40H52Br2ClN3O13S3. The smallest absolute Gasteiger partial charge is 0.373 e. The van der Waals surface area contributed by atoms with Crippen LogP contribution >= 0.6 is 42.5 Å². The normalized spacial score (nSPS) is 15.3. The van der Waals surface area contributed by atoms with Crippen LogP contribution in [0, 0.1) is 0 Å². The lowest BCUT2D eigenvalue weighted by Crippen LogP contribution is -2.40.